The van der Waals surface area contributed by atoms with Crippen LogP contribution in [0.15, 0.2) is 30.3 Å². The Labute approximate surface area is 181 Å². The van der Waals surface area contributed by atoms with Crippen molar-refractivity contribution in [2.75, 3.05) is 7.11 Å². The van der Waals surface area contributed by atoms with Crippen LogP contribution in [0.3, 0.4) is 0 Å². The van der Waals surface area contributed by atoms with Gasteiger partial charge in [0.15, 0.2) is 0 Å². The number of benzene rings is 1. The van der Waals surface area contributed by atoms with E-state index >= 15 is 0 Å². The van der Waals surface area contributed by atoms with Crippen molar-refractivity contribution >= 4 is 12.0 Å². The standard InChI is InChI=1S/C24H27FN2O4/c1-14(2)23-20(10-9-18(28)11-19(29)12-22(30)31-4)24(27-15(3)21(23)13-26)16-5-7-17(25)8-6-16/h5-10,14,18-19,28-29H,11-12H2,1-4H3. The summed E-state index contributed by atoms with van der Waals surface area (Å²) in [5.74, 6) is -0.951. The minimum absolute atomic E-state index is 0.0164. The lowest BCUT2D eigenvalue weighted by Crippen LogP contribution is -2.20. The van der Waals surface area contributed by atoms with Gasteiger partial charge in [-0.15, -0.1) is 0 Å². The molecule has 6 nitrogen and oxygen atoms in total. The second kappa shape index (κ2) is 10.8. The number of methoxy groups -OCH3 is 1. The first-order valence-electron chi connectivity index (χ1n) is 9.99. The zero-order valence-corrected chi connectivity index (χ0v) is 18.1. The molecule has 1 aromatic heterocycles. The van der Waals surface area contributed by atoms with Gasteiger partial charge in [0.1, 0.15) is 11.9 Å². The van der Waals surface area contributed by atoms with Crippen molar-refractivity contribution < 1.29 is 24.1 Å². The molecule has 1 aromatic carbocycles. The fourth-order valence-corrected chi connectivity index (χ4v) is 3.40. The lowest BCUT2D eigenvalue weighted by atomic mass is 9.88. The summed E-state index contributed by atoms with van der Waals surface area (Å²) in [5, 5.41) is 30.0. The van der Waals surface area contributed by atoms with Crippen molar-refractivity contribution in [2.24, 2.45) is 0 Å². The van der Waals surface area contributed by atoms with Crippen LogP contribution < -0.4 is 0 Å². The lowest BCUT2D eigenvalue weighted by Gasteiger charge is -2.19. The first kappa shape index (κ1) is 24.2. The number of pyridine rings is 1. The summed E-state index contributed by atoms with van der Waals surface area (Å²) in [4.78, 5) is 15.9. The van der Waals surface area contributed by atoms with Gasteiger partial charge in [0, 0.05) is 17.5 Å². The average molecular weight is 426 g/mol. The Morgan fingerprint density at radius 1 is 1.29 bits per heavy atom. The van der Waals surface area contributed by atoms with Crippen LogP contribution in [0.1, 0.15) is 55.0 Å². The van der Waals surface area contributed by atoms with E-state index in [1.165, 1.54) is 25.3 Å². The first-order chi connectivity index (χ1) is 14.7. The van der Waals surface area contributed by atoms with Crippen LogP contribution in [0.4, 0.5) is 4.39 Å². The Balaban J connectivity index is 2.50. The van der Waals surface area contributed by atoms with E-state index in [2.05, 4.69) is 15.8 Å². The number of aryl methyl sites for hydroxylation is 1. The van der Waals surface area contributed by atoms with Crippen LogP contribution in [0.5, 0.6) is 0 Å². The highest BCUT2D eigenvalue weighted by atomic mass is 19.1. The van der Waals surface area contributed by atoms with Crippen molar-refractivity contribution in [1.82, 2.24) is 4.98 Å². The molecule has 0 aliphatic heterocycles. The van der Waals surface area contributed by atoms with Gasteiger partial charge in [0.05, 0.1) is 42.7 Å². The predicted molar refractivity (Wildman–Crippen MR) is 115 cm³/mol. The highest BCUT2D eigenvalue weighted by Gasteiger charge is 2.20. The van der Waals surface area contributed by atoms with Crippen LogP contribution in [0, 0.1) is 24.1 Å². The van der Waals surface area contributed by atoms with Gasteiger partial charge in [-0.3, -0.25) is 9.78 Å². The van der Waals surface area contributed by atoms with Gasteiger partial charge in [-0.05, 0) is 42.7 Å². The Bertz CT molecular complexity index is 994. The van der Waals surface area contributed by atoms with E-state index in [9.17, 15) is 24.7 Å². The number of esters is 1. The van der Waals surface area contributed by atoms with E-state index < -0.39 is 18.2 Å². The number of aromatic nitrogens is 1. The maximum atomic E-state index is 13.4. The van der Waals surface area contributed by atoms with E-state index in [0.29, 0.717) is 28.1 Å². The number of carbonyl (C=O) groups is 1. The van der Waals surface area contributed by atoms with Gasteiger partial charge < -0.3 is 14.9 Å². The topological polar surface area (TPSA) is 103 Å². The Kier molecular flexibility index (Phi) is 8.43. The molecule has 164 valence electrons. The second-order valence-electron chi connectivity index (χ2n) is 7.62. The van der Waals surface area contributed by atoms with Crippen molar-refractivity contribution in [3.63, 3.8) is 0 Å². The van der Waals surface area contributed by atoms with Crippen LogP contribution >= 0.6 is 0 Å². The van der Waals surface area contributed by atoms with E-state index in [1.54, 1.807) is 25.1 Å². The quantitative estimate of drug-likeness (QED) is 0.621. The van der Waals surface area contributed by atoms with Gasteiger partial charge in [0.2, 0.25) is 0 Å². The average Bonchev–Trinajstić information content (AvgIpc) is 2.72. The summed E-state index contributed by atoms with van der Waals surface area (Å²) in [7, 11) is 1.23. The molecule has 2 aromatic rings. The Hall–Kier alpha value is -3.08. The van der Waals surface area contributed by atoms with Gasteiger partial charge in [0.25, 0.3) is 0 Å². The number of rotatable bonds is 8. The van der Waals surface area contributed by atoms with Gasteiger partial charge >= 0.3 is 5.97 Å². The molecular formula is C24H27FN2O4. The normalized spacial score (nSPS) is 13.3. The van der Waals surface area contributed by atoms with E-state index in [1.807, 2.05) is 13.8 Å². The highest BCUT2D eigenvalue weighted by molar-refractivity contribution is 5.77. The molecule has 2 atom stereocenters. The number of halogens is 1. The summed E-state index contributed by atoms with van der Waals surface area (Å²) in [5.41, 5.74) is 3.69. The molecule has 2 unspecified atom stereocenters. The molecular weight excluding hydrogens is 399 g/mol. The van der Waals surface area contributed by atoms with Crippen molar-refractivity contribution in [1.29, 1.82) is 5.26 Å². The summed E-state index contributed by atoms with van der Waals surface area (Å²) in [6.45, 7) is 5.67. The number of hydrogen-bond acceptors (Lipinski definition) is 6. The van der Waals surface area contributed by atoms with Crippen molar-refractivity contribution in [3.05, 3.63) is 58.5 Å². The van der Waals surface area contributed by atoms with Crippen molar-refractivity contribution in [3.8, 4) is 17.3 Å². The predicted octanol–water partition coefficient (Wildman–Crippen LogP) is 3.88. The lowest BCUT2D eigenvalue weighted by molar-refractivity contribution is -0.143. The number of ether oxygens (including phenoxy) is 1. The van der Waals surface area contributed by atoms with E-state index in [4.69, 9.17) is 0 Å². The maximum absolute atomic E-state index is 13.4. The number of carbonyl (C=O) groups excluding carboxylic acids is 1. The zero-order chi connectivity index (χ0) is 23.1. The smallest absolute Gasteiger partial charge is 0.308 e. The number of hydrogen-bond donors (Lipinski definition) is 2. The molecule has 0 amide bonds. The number of aliphatic hydroxyl groups excluding tert-OH is 2. The zero-order valence-electron chi connectivity index (χ0n) is 18.1. The third-order valence-corrected chi connectivity index (χ3v) is 4.89. The molecule has 2 rings (SSSR count). The third-order valence-electron chi connectivity index (χ3n) is 4.89. The Morgan fingerprint density at radius 2 is 1.94 bits per heavy atom. The molecule has 0 saturated carbocycles. The number of aliphatic hydroxyl groups is 2. The highest BCUT2D eigenvalue weighted by Crippen LogP contribution is 2.34. The van der Waals surface area contributed by atoms with Gasteiger partial charge in [-0.1, -0.05) is 26.0 Å². The third kappa shape index (κ3) is 6.20. The summed E-state index contributed by atoms with van der Waals surface area (Å²) in [6, 6.07) is 8.11. The van der Waals surface area contributed by atoms with Crippen molar-refractivity contribution in [2.45, 2.75) is 51.7 Å². The minimum atomic E-state index is -1.06. The molecule has 0 spiro atoms. The fraction of sp³-hybridized carbons (Fsp3) is 0.375. The van der Waals surface area contributed by atoms with Crippen LogP contribution in [0.25, 0.3) is 17.3 Å². The molecule has 31 heavy (non-hydrogen) atoms. The minimum Gasteiger partial charge on any atom is -0.469 e. The van der Waals surface area contributed by atoms with Crippen LogP contribution in [-0.4, -0.2) is 40.5 Å². The van der Waals surface area contributed by atoms with Crippen LogP contribution in [-0.2, 0) is 9.53 Å². The molecule has 1 heterocycles. The molecule has 7 heteroatoms. The molecule has 0 saturated heterocycles. The monoisotopic (exact) mass is 426 g/mol. The second-order valence-corrected chi connectivity index (χ2v) is 7.62. The molecule has 0 aliphatic rings. The first-order valence-corrected chi connectivity index (χ1v) is 9.99. The maximum Gasteiger partial charge on any atom is 0.308 e. The molecule has 0 aliphatic carbocycles. The molecule has 0 radical (unpaired) electrons. The van der Waals surface area contributed by atoms with Gasteiger partial charge in [-0.2, -0.15) is 5.26 Å². The summed E-state index contributed by atoms with van der Waals surface area (Å²) >= 11 is 0. The molecule has 0 bridgehead atoms. The fourth-order valence-electron chi connectivity index (χ4n) is 3.40. The summed E-state index contributed by atoms with van der Waals surface area (Å²) in [6.07, 6.45) is 0.791. The number of nitrogens with zero attached hydrogens (tertiary/aromatic N) is 2. The number of nitriles is 1. The van der Waals surface area contributed by atoms with Gasteiger partial charge in [-0.25, -0.2) is 4.39 Å². The Morgan fingerprint density at radius 3 is 2.48 bits per heavy atom. The SMILES string of the molecule is COC(=O)CC(O)CC(O)C=Cc1c(-c2ccc(F)cc2)nc(C)c(C#N)c1C(C)C. The largest absolute Gasteiger partial charge is 0.469 e. The molecule has 0 fully saturated rings. The van der Waals surface area contributed by atoms with E-state index in [0.717, 1.165) is 5.56 Å². The van der Waals surface area contributed by atoms with E-state index in [-0.39, 0.29) is 24.6 Å². The molecule has 2 N–H and O–H groups in total. The van der Waals surface area contributed by atoms with Crippen LogP contribution in [0.2, 0.25) is 0 Å². The summed E-state index contributed by atoms with van der Waals surface area (Å²) < 4.78 is 18.0.